The summed E-state index contributed by atoms with van der Waals surface area (Å²) in [7, 11) is 0. The molecule has 0 radical (unpaired) electrons. The van der Waals surface area contributed by atoms with Gasteiger partial charge in [0.05, 0.1) is 27.9 Å². The zero-order valence-corrected chi connectivity index (χ0v) is 26.2. The minimum absolute atomic E-state index is 0.0480. The zero-order chi connectivity index (χ0) is 32.0. The average Bonchev–Trinajstić information content (AvgIpc) is 3.68. The number of piperazine rings is 1. The lowest BCUT2D eigenvalue weighted by atomic mass is 9.77. The van der Waals surface area contributed by atoms with Crippen LogP contribution in [-0.2, 0) is 20.9 Å². The fraction of sp³-hybridized carbons (Fsp3) is 0.484. The highest BCUT2D eigenvalue weighted by molar-refractivity contribution is 7.18. The first-order chi connectivity index (χ1) is 21.6. The van der Waals surface area contributed by atoms with Crippen LogP contribution in [0.15, 0.2) is 42.5 Å². The highest BCUT2D eigenvalue weighted by Crippen LogP contribution is 2.52. The minimum Gasteiger partial charge on any atom is -0.456 e. The van der Waals surface area contributed by atoms with Crippen LogP contribution >= 0.6 is 11.3 Å². The predicted octanol–water partition coefficient (Wildman–Crippen LogP) is 2.83. The van der Waals surface area contributed by atoms with E-state index in [4.69, 9.17) is 4.74 Å². The molecule has 6 rings (SSSR count). The summed E-state index contributed by atoms with van der Waals surface area (Å²) < 4.78 is 7.40. The summed E-state index contributed by atoms with van der Waals surface area (Å²) >= 11 is 1.34. The number of fused-ring (bicyclic) bond motifs is 2. The molecule has 13 nitrogen and oxygen atoms in total. The molecule has 1 N–H and O–H groups in total. The fourth-order valence-corrected chi connectivity index (χ4v) is 7.87. The molecular weight excluding hydrogens is 600 g/mol. The summed E-state index contributed by atoms with van der Waals surface area (Å²) in [4.78, 5) is 62.5. The fourth-order valence-electron chi connectivity index (χ4n) is 6.64. The Hall–Kier alpha value is -3.98. The number of likely N-dealkylation sites (N-methyl/N-ethyl adjacent to an activating group) is 1. The molecule has 2 aromatic heterocycles. The Balaban J connectivity index is 1.25. The number of imidazole rings is 1. The van der Waals surface area contributed by atoms with Gasteiger partial charge in [-0.15, -0.1) is 11.3 Å². The maximum atomic E-state index is 13.6. The smallest absolute Gasteiger partial charge is 0.355 e. The number of thiazole rings is 1. The van der Waals surface area contributed by atoms with Gasteiger partial charge in [0.1, 0.15) is 29.2 Å². The van der Waals surface area contributed by atoms with Crippen molar-refractivity contribution in [3.05, 3.63) is 68.7 Å². The van der Waals surface area contributed by atoms with E-state index in [9.17, 15) is 29.6 Å². The van der Waals surface area contributed by atoms with Crippen molar-refractivity contribution < 1.29 is 29.2 Å². The summed E-state index contributed by atoms with van der Waals surface area (Å²) in [5.74, 6) is -2.04. The number of aliphatic hydroxyl groups is 1. The molecule has 238 valence electrons. The van der Waals surface area contributed by atoms with E-state index in [2.05, 4.69) is 21.7 Å². The van der Waals surface area contributed by atoms with Crippen LogP contribution in [0.1, 0.15) is 48.1 Å². The van der Waals surface area contributed by atoms with Crippen LogP contribution in [0.25, 0.3) is 10.4 Å². The monoisotopic (exact) mass is 636 g/mol. The van der Waals surface area contributed by atoms with E-state index in [0.29, 0.717) is 39.5 Å². The standard InChI is InChI=1S/C31H36N6O7S/c1-4-33-11-13-34(14-12-33)10-9-22(39)26-30-35(17-32-26)15-23(45-30)24-18(2)27-25(19(3)38)29(40)36(27)28(24)31(41)44-16-20-5-7-21(8-6-20)37(42)43/h5-8,15,17-19,25,27,38H,4,9-14,16H2,1-3H3/t18-,19+,25+,27+/m0/s1. The quantitative estimate of drug-likeness (QED) is 0.109. The maximum absolute atomic E-state index is 13.6. The van der Waals surface area contributed by atoms with Crippen molar-refractivity contribution in [2.75, 3.05) is 39.3 Å². The van der Waals surface area contributed by atoms with E-state index in [1.807, 2.05) is 13.1 Å². The second-order valence-electron chi connectivity index (χ2n) is 11.9. The SMILES string of the molecule is CCN1CCN(CCC(=O)c2ncn3cc(C4=C(C(=O)OCc5ccc([N+](=O)[O-])cc5)N5C(=O)[C@H]([C@@H](C)O)[C@H]5[C@H]4C)sc23)CC1. The first-order valence-electron chi connectivity index (χ1n) is 15.2. The van der Waals surface area contributed by atoms with Gasteiger partial charge in [-0.1, -0.05) is 13.8 Å². The minimum atomic E-state index is -0.893. The van der Waals surface area contributed by atoms with Crippen molar-refractivity contribution >= 4 is 45.1 Å². The Labute approximate surface area is 263 Å². The van der Waals surface area contributed by atoms with Gasteiger partial charge in [0.25, 0.3) is 5.69 Å². The third-order valence-corrected chi connectivity index (χ3v) is 10.3. The number of carbonyl (C=O) groups is 3. The highest BCUT2D eigenvalue weighted by Gasteiger charge is 2.60. The van der Waals surface area contributed by atoms with Crippen LogP contribution in [0.4, 0.5) is 5.69 Å². The Bertz CT molecular complexity index is 1670. The first kappa shape index (κ1) is 31.0. The summed E-state index contributed by atoms with van der Waals surface area (Å²) in [5, 5.41) is 21.4. The summed E-state index contributed by atoms with van der Waals surface area (Å²) in [6.45, 7) is 11.1. The number of nitrogens with zero attached hydrogens (tertiary/aromatic N) is 6. The van der Waals surface area contributed by atoms with Crippen LogP contribution < -0.4 is 0 Å². The second-order valence-corrected chi connectivity index (χ2v) is 12.9. The van der Waals surface area contributed by atoms with Gasteiger partial charge >= 0.3 is 5.97 Å². The lowest BCUT2D eigenvalue weighted by Gasteiger charge is -2.46. The van der Waals surface area contributed by atoms with Crippen LogP contribution in [0.3, 0.4) is 0 Å². The number of rotatable bonds is 11. The molecule has 0 aliphatic carbocycles. The number of esters is 1. The van der Waals surface area contributed by atoms with Crippen LogP contribution in [0, 0.1) is 22.0 Å². The van der Waals surface area contributed by atoms with Gasteiger partial charge in [-0.05, 0) is 31.2 Å². The van der Waals surface area contributed by atoms with Gasteiger partial charge in [-0.25, -0.2) is 9.78 Å². The van der Waals surface area contributed by atoms with Crippen LogP contribution in [0.2, 0.25) is 0 Å². The van der Waals surface area contributed by atoms with Crippen molar-refractivity contribution in [1.82, 2.24) is 24.1 Å². The lowest BCUT2D eigenvalue weighted by Crippen LogP contribution is -2.63. The number of β-lactam (4-membered cyclic amide) rings is 1. The maximum Gasteiger partial charge on any atom is 0.355 e. The normalized spacial score (nSPS) is 22.9. The Morgan fingerprint density at radius 1 is 1.18 bits per heavy atom. The van der Waals surface area contributed by atoms with Crippen molar-refractivity contribution in [1.29, 1.82) is 0 Å². The second kappa shape index (κ2) is 12.4. The third kappa shape index (κ3) is 5.67. The van der Waals surface area contributed by atoms with E-state index >= 15 is 0 Å². The molecule has 1 aromatic carbocycles. The molecule has 5 heterocycles. The molecular formula is C31H36N6O7S. The number of non-ortho nitro benzene ring substituents is 1. The number of ketones is 1. The number of aliphatic hydroxyl groups excluding tert-OH is 1. The number of aromatic nitrogens is 2. The summed E-state index contributed by atoms with van der Waals surface area (Å²) in [5.41, 5.74) is 1.60. The highest BCUT2D eigenvalue weighted by atomic mass is 32.1. The number of benzene rings is 1. The number of hydrogen-bond acceptors (Lipinski definition) is 11. The Morgan fingerprint density at radius 3 is 2.51 bits per heavy atom. The molecule has 3 aliphatic heterocycles. The van der Waals surface area contributed by atoms with Gasteiger partial charge in [0, 0.05) is 69.0 Å². The molecule has 2 saturated heterocycles. The number of hydrogen-bond donors (Lipinski definition) is 1. The Morgan fingerprint density at radius 2 is 1.87 bits per heavy atom. The molecule has 3 aliphatic rings. The van der Waals surface area contributed by atoms with Gasteiger partial charge in [-0.2, -0.15) is 0 Å². The lowest BCUT2D eigenvalue weighted by molar-refractivity contribution is -0.384. The molecule has 4 atom stereocenters. The molecule has 0 spiro atoms. The number of Topliss-reactive ketones (excluding diaryl/α,β-unsaturated/α-hetero) is 1. The first-order valence-corrected chi connectivity index (χ1v) is 16.0. The molecule has 0 bridgehead atoms. The van der Waals surface area contributed by atoms with E-state index in [0.717, 1.165) is 32.7 Å². The molecule has 45 heavy (non-hydrogen) atoms. The molecule has 0 unspecified atom stereocenters. The largest absolute Gasteiger partial charge is 0.456 e. The van der Waals surface area contributed by atoms with Gasteiger partial charge in [-0.3, -0.25) is 24.1 Å². The van der Waals surface area contributed by atoms with Crippen molar-refractivity contribution in [3.8, 4) is 0 Å². The van der Waals surface area contributed by atoms with E-state index in [1.54, 1.807) is 17.7 Å². The van der Waals surface area contributed by atoms with Crippen LogP contribution in [-0.4, -0.2) is 103 Å². The number of nitro benzene ring substituents is 1. The Kier molecular flexibility index (Phi) is 8.57. The number of nitro groups is 1. The number of carbonyl (C=O) groups excluding carboxylic acids is 3. The zero-order valence-electron chi connectivity index (χ0n) is 25.4. The van der Waals surface area contributed by atoms with Crippen LogP contribution in [0.5, 0.6) is 0 Å². The van der Waals surface area contributed by atoms with Crippen molar-refractivity contribution in [3.63, 3.8) is 0 Å². The van der Waals surface area contributed by atoms with Gasteiger partial charge in [0.15, 0.2) is 5.78 Å². The predicted molar refractivity (Wildman–Crippen MR) is 165 cm³/mol. The average molecular weight is 637 g/mol. The summed E-state index contributed by atoms with van der Waals surface area (Å²) in [6.07, 6.45) is 2.87. The molecule has 1 amide bonds. The van der Waals surface area contributed by atoms with E-state index in [-0.39, 0.29) is 35.6 Å². The molecule has 2 fully saturated rings. The third-order valence-electron chi connectivity index (χ3n) is 9.19. The number of ether oxygens (including phenoxy) is 1. The van der Waals surface area contributed by atoms with Gasteiger partial charge in [0.2, 0.25) is 5.91 Å². The molecule has 14 heteroatoms. The van der Waals surface area contributed by atoms with Crippen molar-refractivity contribution in [2.45, 2.75) is 45.9 Å². The summed E-state index contributed by atoms with van der Waals surface area (Å²) in [6, 6.07) is 5.28. The number of amides is 1. The topological polar surface area (TPSA) is 151 Å². The molecule has 0 saturated carbocycles. The molecule has 3 aromatic rings. The van der Waals surface area contributed by atoms with E-state index < -0.39 is 29.0 Å². The van der Waals surface area contributed by atoms with E-state index in [1.165, 1.54) is 40.5 Å². The van der Waals surface area contributed by atoms with Crippen molar-refractivity contribution in [2.24, 2.45) is 11.8 Å². The van der Waals surface area contributed by atoms with Gasteiger partial charge < -0.3 is 24.5 Å².